The fraction of sp³-hybridized carbons (Fsp3) is 0.762. The molecule has 0 unspecified atom stereocenters. The first-order valence-electron chi connectivity index (χ1n) is 10.9. The highest BCUT2D eigenvalue weighted by Gasteiger charge is 2.26. The van der Waals surface area contributed by atoms with Gasteiger partial charge in [0.1, 0.15) is 0 Å². The van der Waals surface area contributed by atoms with Crippen molar-refractivity contribution in [1.82, 2.24) is 19.8 Å². The average Bonchev–Trinajstić information content (AvgIpc) is 3.13. The van der Waals surface area contributed by atoms with Crippen LogP contribution >= 0.6 is 0 Å². The summed E-state index contributed by atoms with van der Waals surface area (Å²) >= 11 is 0. The lowest BCUT2D eigenvalue weighted by Gasteiger charge is -2.36. The molecule has 0 bridgehead atoms. The summed E-state index contributed by atoms with van der Waals surface area (Å²) in [5.41, 5.74) is 1.21. The average molecular weight is 372 g/mol. The number of likely N-dealkylation sites (tertiary alicyclic amines) is 2. The number of carbonyl (C=O) groups excluding carboxylic acids is 1. The Kier molecular flexibility index (Phi) is 6.22. The van der Waals surface area contributed by atoms with Crippen molar-refractivity contribution in [3.8, 4) is 0 Å². The number of rotatable bonds is 6. The molecule has 0 spiro atoms. The highest BCUT2D eigenvalue weighted by molar-refractivity contribution is 5.78. The third-order valence-corrected chi connectivity index (χ3v) is 6.37. The molecule has 6 nitrogen and oxygen atoms in total. The highest BCUT2D eigenvalue weighted by Crippen LogP contribution is 2.23. The number of anilines is 1. The fourth-order valence-corrected chi connectivity index (χ4v) is 4.76. The number of hydrogen-bond donors (Lipinski definition) is 0. The van der Waals surface area contributed by atoms with E-state index in [1.54, 1.807) is 0 Å². The second-order valence-corrected chi connectivity index (χ2v) is 8.33. The summed E-state index contributed by atoms with van der Waals surface area (Å²) in [6.07, 6.45) is 14.6. The second kappa shape index (κ2) is 9.00. The largest absolute Gasteiger partial charge is 0.343 e. The summed E-state index contributed by atoms with van der Waals surface area (Å²) in [6.45, 7) is 6.12. The molecule has 6 heteroatoms. The van der Waals surface area contributed by atoms with Gasteiger partial charge in [0.15, 0.2) is 0 Å². The lowest BCUT2D eigenvalue weighted by molar-refractivity contribution is -0.127. The molecule has 4 rings (SSSR count). The Morgan fingerprint density at radius 2 is 1.70 bits per heavy atom. The number of aromatic nitrogens is 2. The minimum atomic E-state index is 0.346. The lowest BCUT2D eigenvalue weighted by Crippen LogP contribution is -2.41. The molecule has 0 aliphatic carbocycles. The van der Waals surface area contributed by atoms with Gasteiger partial charge < -0.3 is 9.80 Å². The lowest BCUT2D eigenvalue weighted by atomic mass is 9.98. The molecule has 1 aromatic rings. The van der Waals surface area contributed by atoms with Crippen LogP contribution in [0.3, 0.4) is 0 Å². The van der Waals surface area contributed by atoms with Crippen LogP contribution in [0, 0.1) is 0 Å². The first kappa shape index (κ1) is 18.7. The quantitative estimate of drug-likeness (QED) is 0.770. The van der Waals surface area contributed by atoms with E-state index in [1.807, 2.05) is 12.4 Å². The van der Waals surface area contributed by atoms with E-state index in [0.717, 1.165) is 64.5 Å². The summed E-state index contributed by atoms with van der Waals surface area (Å²) < 4.78 is 0. The van der Waals surface area contributed by atoms with Crippen LogP contribution in [0.4, 0.5) is 5.95 Å². The zero-order valence-corrected chi connectivity index (χ0v) is 16.5. The maximum atomic E-state index is 11.9. The minimum Gasteiger partial charge on any atom is -0.343 e. The SMILES string of the molecule is O=C1CCCN1CC[C@@H]1CCCCN1Cc1cnc(N2CCCCC2)nc1. The summed E-state index contributed by atoms with van der Waals surface area (Å²) in [6, 6.07) is 0.578. The minimum absolute atomic E-state index is 0.346. The molecule has 148 valence electrons. The molecule has 27 heavy (non-hydrogen) atoms. The van der Waals surface area contributed by atoms with Gasteiger partial charge in [-0.1, -0.05) is 6.42 Å². The van der Waals surface area contributed by atoms with Gasteiger partial charge in [-0.15, -0.1) is 0 Å². The van der Waals surface area contributed by atoms with Crippen molar-refractivity contribution in [2.75, 3.05) is 37.6 Å². The normalized spacial score (nSPS) is 24.6. The smallest absolute Gasteiger partial charge is 0.225 e. The van der Waals surface area contributed by atoms with Gasteiger partial charge in [0.05, 0.1) is 0 Å². The number of amides is 1. The highest BCUT2D eigenvalue weighted by atomic mass is 16.2. The Morgan fingerprint density at radius 1 is 0.926 bits per heavy atom. The Labute approximate surface area is 162 Å². The van der Waals surface area contributed by atoms with Gasteiger partial charge >= 0.3 is 0 Å². The molecule has 4 heterocycles. The van der Waals surface area contributed by atoms with Crippen molar-refractivity contribution in [2.24, 2.45) is 0 Å². The fourth-order valence-electron chi connectivity index (χ4n) is 4.76. The molecule has 1 aromatic heterocycles. The van der Waals surface area contributed by atoms with Gasteiger partial charge in [-0.05, 0) is 51.5 Å². The summed E-state index contributed by atoms with van der Waals surface area (Å²) in [7, 11) is 0. The van der Waals surface area contributed by atoms with Crippen LogP contribution in [0.5, 0.6) is 0 Å². The molecule has 3 aliphatic rings. The number of nitrogens with zero attached hydrogens (tertiary/aromatic N) is 5. The monoisotopic (exact) mass is 371 g/mol. The van der Waals surface area contributed by atoms with E-state index in [4.69, 9.17) is 0 Å². The van der Waals surface area contributed by atoms with Gasteiger partial charge in [-0.2, -0.15) is 0 Å². The van der Waals surface area contributed by atoms with Crippen LogP contribution in [0.15, 0.2) is 12.4 Å². The Morgan fingerprint density at radius 3 is 2.44 bits per heavy atom. The molecular weight excluding hydrogens is 338 g/mol. The summed E-state index contributed by atoms with van der Waals surface area (Å²) in [5, 5.41) is 0. The van der Waals surface area contributed by atoms with Crippen molar-refractivity contribution >= 4 is 11.9 Å². The molecule has 0 radical (unpaired) electrons. The van der Waals surface area contributed by atoms with Gasteiger partial charge in [-0.3, -0.25) is 9.69 Å². The molecule has 0 N–H and O–H groups in total. The Hall–Kier alpha value is -1.69. The molecule has 0 saturated carbocycles. The maximum Gasteiger partial charge on any atom is 0.225 e. The standard InChI is InChI=1S/C21H33N5O/c27-20-8-6-13-24(20)14-9-19-7-2-5-12-26(19)17-18-15-22-21(23-16-18)25-10-3-1-4-11-25/h15-16,19H,1-14,17H2/t19-/m0/s1. The first-order valence-corrected chi connectivity index (χ1v) is 10.9. The molecule has 3 fully saturated rings. The van der Waals surface area contributed by atoms with Crippen molar-refractivity contribution in [3.05, 3.63) is 18.0 Å². The Bertz CT molecular complexity index is 614. The summed E-state index contributed by atoms with van der Waals surface area (Å²) in [5.74, 6) is 1.24. The van der Waals surface area contributed by atoms with Crippen molar-refractivity contribution in [3.63, 3.8) is 0 Å². The van der Waals surface area contributed by atoms with Crippen LogP contribution in [0.2, 0.25) is 0 Å². The van der Waals surface area contributed by atoms with Crippen molar-refractivity contribution in [2.45, 2.75) is 70.4 Å². The molecule has 0 aromatic carbocycles. The Balaban J connectivity index is 1.32. The molecule has 1 atom stereocenters. The van der Waals surface area contributed by atoms with Crippen molar-refractivity contribution in [1.29, 1.82) is 0 Å². The van der Waals surface area contributed by atoms with E-state index >= 15 is 0 Å². The van der Waals surface area contributed by atoms with Gasteiger partial charge in [0, 0.05) is 63.1 Å². The van der Waals surface area contributed by atoms with E-state index in [-0.39, 0.29) is 0 Å². The third-order valence-electron chi connectivity index (χ3n) is 6.37. The topological polar surface area (TPSA) is 52.6 Å². The predicted molar refractivity (Wildman–Crippen MR) is 107 cm³/mol. The maximum absolute atomic E-state index is 11.9. The molecule has 1 amide bonds. The first-order chi connectivity index (χ1) is 13.3. The second-order valence-electron chi connectivity index (χ2n) is 8.33. The number of hydrogen-bond acceptors (Lipinski definition) is 5. The van der Waals surface area contributed by atoms with E-state index in [2.05, 4.69) is 24.7 Å². The van der Waals surface area contributed by atoms with E-state index < -0.39 is 0 Å². The molecular formula is C21H33N5O. The predicted octanol–water partition coefficient (Wildman–Crippen LogP) is 2.83. The third kappa shape index (κ3) is 4.78. The molecule has 3 saturated heterocycles. The zero-order valence-electron chi connectivity index (χ0n) is 16.5. The van der Waals surface area contributed by atoms with Gasteiger partial charge in [0.2, 0.25) is 11.9 Å². The van der Waals surface area contributed by atoms with E-state index in [9.17, 15) is 4.79 Å². The van der Waals surface area contributed by atoms with Gasteiger partial charge in [-0.25, -0.2) is 9.97 Å². The van der Waals surface area contributed by atoms with Crippen LogP contribution < -0.4 is 4.90 Å². The van der Waals surface area contributed by atoms with Crippen LogP contribution in [0.25, 0.3) is 0 Å². The molecule has 3 aliphatic heterocycles. The van der Waals surface area contributed by atoms with Crippen LogP contribution in [0.1, 0.15) is 63.4 Å². The zero-order chi connectivity index (χ0) is 18.5. The van der Waals surface area contributed by atoms with Crippen LogP contribution in [-0.2, 0) is 11.3 Å². The van der Waals surface area contributed by atoms with E-state index in [1.165, 1.54) is 44.1 Å². The van der Waals surface area contributed by atoms with E-state index in [0.29, 0.717) is 11.9 Å². The number of carbonyl (C=O) groups is 1. The summed E-state index contributed by atoms with van der Waals surface area (Å²) in [4.78, 5) is 28.1. The van der Waals surface area contributed by atoms with Gasteiger partial charge in [0.25, 0.3) is 0 Å². The number of piperidine rings is 2. The van der Waals surface area contributed by atoms with Crippen molar-refractivity contribution < 1.29 is 4.79 Å². The van der Waals surface area contributed by atoms with Crippen LogP contribution in [-0.4, -0.2) is 64.4 Å².